The van der Waals surface area contributed by atoms with Crippen LogP contribution in [0, 0.1) is 24.1 Å². The minimum absolute atomic E-state index is 0.00282. The molecule has 8 rings (SSSR count). The summed E-state index contributed by atoms with van der Waals surface area (Å²) >= 11 is 0. The van der Waals surface area contributed by atoms with Crippen LogP contribution in [0.2, 0.25) is 0 Å². The Morgan fingerprint density at radius 1 is 0.534 bits per heavy atom. The summed E-state index contributed by atoms with van der Waals surface area (Å²) in [5, 5.41) is 14.6. The number of para-hydroxylation sites is 1. The van der Waals surface area contributed by atoms with Gasteiger partial charge >= 0.3 is 0 Å². The lowest BCUT2D eigenvalue weighted by Gasteiger charge is -2.20. The molecular weight excluding hydrogens is 744 g/mol. The van der Waals surface area contributed by atoms with Crippen LogP contribution < -0.4 is 28.3 Å². The Balaban J connectivity index is 0.000000966. The fourth-order valence-corrected chi connectivity index (χ4v) is 7.74. The molecule has 0 bridgehead atoms. The number of nitrogens with zero attached hydrogens (tertiary/aromatic N) is 2. The van der Waals surface area contributed by atoms with E-state index < -0.39 is 10.2 Å². The summed E-state index contributed by atoms with van der Waals surface area (Å²) in [6.45, 7) is 8.75. The summed E-state index contributed by atoms with van der Waals surface area (Å²) < 4.78 is 38.6. The summed E-state index contributed by atoms with van der Waals surface area (Å²) in [5.41, 5.74) is 15.4. The maximum Gasteiger partial charge on any atom is 0.219 e. The van der Waals surface area contributed by atoms with Crippen LogP contribution in [0.1, 0.15) is 36.1 Å². The highest BCUT2D eigenvalue weighted by Crippen LogP contribution is 2.40. The first-order valence-electron chi connectivity index (χ1n) is 18.9. The van der Waals surface area contributed by atoms with E-state index in [4.69, 9.17) is 18.6 Å². The quantitative estimate of drug-likeness (QED) is 0.176. The largest absolute Gasteiger partial charge is 0.872 e. The highest BCUT2D eigenvalue weighted by molar-refractivity contribution is 6.05. The first kappa shape index (κ1) is 40.0. The van der Waals surface area contributed by atoms with Gasteiger partial charge in [0.25, 0.3) is 0 Å². The van der Waals surface area contributed by atoms with Crippen molar-refractivity contribution in [3.8, 4) is 56.2 Å². The highest BCUT2D eigenvalue weighted by atomic mass is 35.7. The standard InChI is InChI=1S/C50H43N2O.ClHO4/c1-34-20-24-38(25-21-34)46-31-41(36-14-8-6-9-15-36)32-47(39-26-22-35(2)23-27-39)52(46)42-30-40(49(53)43(33-42)37-16-10-7-11-17-37)28-29-48-50(3,4)44-18-12-13-19-45(44)51(48)5;2-1(3,4)5/h6-33H,1-5H3;(H,2,3,4,5)/q+1;/p-1. The van der Waals surface area contributed by atoms with Crippen molar-refractivity contribution >= 4 is 17.5 Å². The third-order valence-electron chi connectivity index (χ3n) is 10.7. The summed E-state index contributed by atoms with van der Waals surface area (Å²) in [5.74, 6) is 0.00282. The molecule has 0 fully saturated rings. The molecule has 1 aromatic heterocycles. The van der Waals surface area contributed by atoms with E-state index in [1.165, 1.54) is 22.4 Å². The molecule has 0 radical (unpaired) electrons. The lowest BCUT2D eigenvalue weighted by atomic mass is 9.81. The number of aromatic nitrogens is 1. The topological polar surface area (TPSA) is 122 Å². The van der Waals surface area contributed by atoms with E-state index in [1.54, 1.807) is 0 Å². The molecule has 1 aliphatic heterocycles. The van der Waals surface area contributed by atoms with Crippen LogP contribution in [0.4, 0.5) is 5.69 Å². The molecule has 2 heterocycles. The predicted molar refractivity (Wildman–Crippen MR) is 218 cm³/mol. The fraction of sp³-hybridized carbons (Fsp3) is 0.120. The van der Waals surface area contributed by atoms with Crippen molar-refractivity contribution in [3.05, 3.63) is 186 Å². The molecule has 0 N–H and O–H groups in total. The van der Waals surface area contributed by atoms with Crippen molar-refractivity contribution in [2.24, 2.45) is 0 Å². The molecule has 0 aliphatic carbocycles. The smallest absolute Gasteiger partial charge is 0.219 e. The van der Waals surface area contributed by atoms with Gasteiger partial charge in [0.2, 0.25) is 22.8 Å². The molecule has 0 atom stereocenters. The Morgan fingerprint density at radius 3 is 1.53 bits per heavy atom. The van der Waals surface area contributed by atoms with Crippen LogP contribution in [0.5, 0.6) is 5.75 Å². The number of fused-ring (bicyclic) bond motifs is 1. The van der Waals surface area contributed by atoms with Gasteiger partial charge in [-0.1, -0.05) is 120 Å². The SMILES string of the molecule is Cc1ccc(-c2cc(-c3ccccc3)cc(-c3ccc(C)cc3)[n+]2-c2cc(/C=C\C3=[N+](C)c4ccccc4C3(C)C)c([O-])c(-c3ccccc3)c2)cc1.[O-][Cl+3]([O-])([O-])[O-]. The molecule has 7 nitrogen and oxygen atoms in total. The zero-order chi connectivity index (χ0) is 41.2. The average molecular weight is 787 g/mol. The third-order valence-corrected chi connectivity index (χ3v) is 10.7. The third kappa shape index (κ3) is 8.55. The van der Waals surface area contributed by atoms with E-state index in [-0.39, 0.29) is 11.2 Å². The molecule has 6 aromatic carbocycles. The molecule has 290 valence electrons. The van der Waals surface area contributed by atoms with E-state index >= 15 is 0 Å². The van der Waals surface area contributed by atoms with E-state index in [0.717, 1.165) is 50.6 Å². The average Bonchev–Trinajstić information content (AvgIpc) is 3.41. The van der Waals surface area contributed by atoms with Gasteiger partial charge in [0.15, 0.2) is 5.71 Å². The Morgan fingerprint density at radius 2 is 1.02 bits per heavy atom. The van der Waals surface area contributed by atoms with Crippen LogP contribution in [-0.4, -0.2) is 17.3 Å². The number of hydrogen-bond donors (Lipinski definition) is 0. The van der Waals surface area contributed by atoms with Crippen molar-refractivity contribution < 1.29 is 43.1 Å². The number of aryl methyl sites for hydroxylation is 2. The second-order valence-corrected chi connectivity index (χ2v) is 15.8. The fourth-order valence-electron chi connectivity index (χ4n) is 7.74. The molecule has 8 heteroatoms. The maximum absolute atomic E-state index is 14.6. The van der Waals surface area contributed by atoms with Crippen LogP contribution >= 0.6 is 0 Å². The summed E-state index contributed by atoms with van der Waals surface area (Å²) in [4.78, 5) is 0. The second-order valence-electron chi connectivity index (χ2n) is 15.0. The number of halogens is 1. The van der Waals surface area contributed by atoms with Crippen molar-refractivity contribution in [2.45, 2.75) is 33.1 Å². The number of pyridine rings is 1. The molecular formula is C50H43ClN2O5. The normalized spacial score (nSPS) is 13.3. The van der Waals surface area contributed by atoms with Gasteiger partial charge in [-0.2, -0.15) is 9.14 Å². The van der Waals surface area contributed by atoms with E-state index in [0.29, 0.717) is 11.1 Å². The Hall–Kier alpha value is -6.19. The van der Waals surface area contributed by atoms with Crippen LogP contribution in [0.15, 0.2) is 164 Å². The monoisotopic (exact) mass is 786 g/mol. The van der Waals surface area contributed by atoms with Gasteiger partial charge < -0.3 is 5.11 Å². The highest BCUT2D eigenvalue weighted by Gasteiger charge is 2.42. The molecule has 0 amide bonds. The molecule has 58 heavy (non-hydrogen) atoms. The first-order valence-corrected chi connectivity index (χ1v) is 20.1. The van der Waals surface area contributed by atoms with E-state index in [1.807, 2.05) is 36.4 Å². The van der Waals surface area contributed by atoms with Crippen molar-refractivity contribution in [1.29, 1.82) is 0 Å². The van der Waals surface area contributed by atoms with E-state index in [2.05, 4.69) is 177 Å². The van der Waals surface area contributed by atoms with Crippen LogP contribution in [0.3, 0.4) is 0 Å². The first-order chi connectivity index (χ1) is 27.7. The lowest BCUT2D eigenvalue weighted by molar-refractivity contribution is -2.00. The van der Waals surface area contributed by atoms with Crippen LogP contribution in [0.25, 0.3) is 56.5 Å². The van der Waals surface area contributed by atoms with Crippen LogP contribution in [-0.2, 0) is 5.41 Å². The lowest BCUT2D eigenvalue weighted by Crippen LogP contribution is -2.68. The van der Waals surface area contributed by atoms with Gasteiger partial charge in [0, 0.05) is 53.1 Å². The molecule has 0 spiro atoms. The van der Waals surface area contributed by atoms with E-state index in [9.17, 15) is 5.11 Å². The zero-order valence-electron chi connectivity index (χ0n) is 33.0. The molecule has 0 saturated heterocycles. The Labute approximate surface area is 341 Å². The number of benzene rings is 6. The zero-order valence-corrected chi connectivity index (χ0v) is 33.7. The van der Waals surface area contributed by atoms with Crippen molar-refractivity contribution in [1.82, 2.24) is 0 Å². The predicted octanol–water partition coefficient (Wildman–Crippen LogP) is 6.29. The Bertz CT molecular complexity index is 2580. The second kappa shape index (κ2) is 16.3. The summed E-state index contributed by atoms with van der Waals surface area (Å²) in [6.07, 6.45) is 4.16. The molecule has 7 aromatic rings. The summed E-state index contributed by atoms with van der Waals surface area (Å²) in [6, 6.07) is 55.3. The number of allylic oxidation sites excluding steroid dienone is 1. The van der Waals surface area contributed by atoms with Gasteiger partial charge in [-0.25, -0.2) is 18.6 Å². The maximum atomic E-state index is 14.6. The molecule has 1 aliphatic rings. The molecule has 0 saturated carbocycles. The Kier molecular flexibility index (Phi) is 11.3. The molecule has 0 unspecified atom stereocenters. The van der Waals surface area contributed by atoms with Gasteiger partial charge in [0.05, 0.1) is 5.41 Å². The van der Waals surface area contributed by atoms with Crippen molar-refractivity contribution in [3.63, 3.8) is 0 Å². The minimum Gasteiger partial charge on any atom is -0.872 e. The van der Waals surface area contributed by atoms with Gasteiger partial charge in [-0.3, -0.25) is 0 Å². The summed E-state index contributed by atoms with van der Waals surface area (Å²) in [7, 11) is -2.83. The minimum atomic E-state index is -4.94. The van der Waals surface area contributed by atoms with Gasteiger partial charge in [0.1, 0.15) is 7.05 Å². The number of rotatable bonds is 7. The van der Waals surface area contributed by atoms with Gasteiger partial charge in [-0.15, -0.1) is 10.2 Å². The van der Waals surface area contributed by atoms with Crippen molar-refractivity contribution in [2.75, 3.05) is 7.05 Å². The number of hydrogen-bond acceptors (Lipinski definition) is 5. The van der Waals surface area contributed by atoms with Gasteiger partial charge in [-0.05, 0) is 85.9 Å².